The topological polar surface area (TPSA) is 226 Å². The average Bonchev–Trinajstić information content (AvgIpc) is 1.59. The molecule has 15 aromatic rings. The van der Waals surface area contributed by atoms with E-state index in [1.54, 1.807) is 30.3 Å². The normalized spacial score (nSPS) is 14.9. The predicted molar refractivity (Wildman–Crippen MR) is 465 cm³/mol. The Labute approximate surface area is 698 Å². The second-order valence-corrected chi connectivity index (χ2v) is 32.7. The molecule has 2 saturated carbocycles. The zero-order valence-electron chi connectivity index (χ0n) is 64.6. The lowest BCUT2D eigenvalue weighted by Crippen LogP contribution is -2.35. The van der Waals surface area contributed by atoms with Crippen LogP contribution in [-0.2, 0) is 22.6 Å². The molecular weight excluding hydrogens is 1590 g/mol. The van der Waals surface area contributed by atoms with Crippen LogP contribution in [0, 0.1) is 34.6 Å². The zero-order valence-corrected chi connectivity index (χ0v) is 69.1. The van der Waals surface area contributed by atoms with Gasteiger partial charge in [0.2, 0.25) is 0 Å². The first-order valence-corrected chi connectivity index (χ1v) is 41.2. The van der Waals surface area contributed by atoms with Gasteiger partial charge in [0.05, 0.1) is 82.0 Å². The van der Waals surface area contributed by atoms with Crippen molar-refractivity contribution in [2.75, 3.05) is 52.6 Å². The van der Waals surface area contributed by atoms with E-state index in [9.17, 15) is 19.2 Å². The van der Waals surface area contributed by atoms with Crippen LogP contribution in [0.1, 0.15) is 107 Å². The van der Waals surface area contributed by atoms with Gasteiger partial charge in [0.15, 0.2) is 0 Å². The van der Waals surface area contributed by atoms with Crippen molar-refractivity contribution in [1.29, 1.82) is 0 Å². The molecule has 10 heterocycles. The summed E-state index contributed by atoms with van der Waals surface area (Å²) in [6.45, 7) is 17.7. The lowest BCUT2D eigenvalue weighted by molar-refractivity contribution is 0.0336. The fourth-order valence-corrected chi connectivity index (χ4v) is 17.2. The average molecular weight is 1670 g/mol. The third-order valence-electron chi connectivity index (χ3n) is 22.1. The minimum atomic E-state index is -0.185. The van der Waals surface area contributed by atoms with Gasteiger partial charge >= 0.3 is 0 Å². The monoisotopic (exact) mass is 1670 g/mol. The van der Waals surface area contributed by atoms with Gasteiger partial charge in [-0.15, -0.1) is 0 Å². The van der Waals surface area contributed by atoms with Crippen molar-refractivity contribution in [3.63, 3.8) is 0 Å². The highest BCUT2D eigenvalue weighted by molar-refractivity contribution is 6.42. The van der Waals surface area contributed by atoms with Gasteiger partial charge < -0.3 is 29.4 Å². The second-order valence-electron chi connectivity index (χ2n) is 30.1. The number of nitrogens with one attached hydrogen (secondary N) is 4. The molecule has 7 aromatic carbocycles. The molecule has 2 aliphatic carbocycles. The number of hydrogen-bond donors (Lipinski definition) is 4. The highest BCUT2D eigenvalue weighted by Crippen LogP contribution is 2.47. The van der Waals surface area contributed by atoms with Gasteiger partial charge in [-0.2, -0.15) is 20.4 Å². The number of aromatic amines is 4. The van der Waals surface area contributed by atoms with Crippen LogP contribution in [0.3, 0.4) is 0 Å². The largest absolute Gasteiger partial charge is 0.379 e. The number of benzene rings is 7. The van der Waals surface area contributed by atoms with Gasteiger partial charge in [-0.1, -0.05) is 180 Å². The van der Waals surface area contributed by atoms with E-state index < -0.39 is 0 Å². The summed E-state index contributed by atoms with van der Waals surface area (Å²) in [5.41, 5.74) is 24.1. The van der Waals surface area contributed by atoms with Crippen LogP contribution in [0.25, 0.3) is 101 Å². The van der Waals surface area contributed by atoms with Gasteiger partial charge in [0.25, 0.3) is 22.2 Å². The quantitative estimate of drug-likeness (QED) is 0.0846. The van der Waals surface area contributed by atoms with Crippen LogP contribution in [-0.4, -0.2) is 121 Å². The van der Waals surface area contributed by atoms with E-state index in [0.29, 0.717) is 85.2 Å². The van der Waals surface area contributed by atoms with Crippen molar-refractivity contribution in [2.24, 2.45) is 0 Å². The Morgan fingerprint density at radius 1 is 0.362 bits per heavy atom. The van der Waals surface area contributed by atoms with Crippen molar-refractivity contribution < 1.29 is 9.47 Å². The Hall–Kier alpha value is -10.2. The van der Waals surface area contributed by atoms with Crippen LogP contribution >= 0.6 is 69.6 Å². The van der Waals surface area contributed by atoms with Crippen LogP contribution < -0.4 is 22.2 Å². The number of hydrogen-bond acceptors (Lipinski definition) is 12. The Morgan fingerprint density at radius 2 is 0.750 bits per heavy atom. The molecule has 2 saturated heterocycles. The summed E-state index contributed by atoms with van der Waals surface area (Å²) in [7, 11) is 0. The third kappa shape index (κ3) is 17.0. The van der Waals surface area contributed by atoms with E-state index in [2.05, 4.69) is 29.7 Å². The summed E-state index contributed by atoms with van der Waals surface area (Å²) in [4.78, 5) is 67.0. The number of nitrogens with zero attached hydrogens (tertiary/aromatic N) is 10. The first-order chi connectivity index (χ1) is 56.2. The molecule has 0 bridgehead atoms. The number of aryl methyl sites for hydroxylation is 5. The summed E-state index contributed by atoms with van der Waals surface area (Å²) in [5.74, 6) is 0.890. The molecule has 26 heteroatoms. The number of rotatable bonds is 13. The summed E-state index contributed by atoms with van der Waals surface area (Å²) >= 11 is 36.9. The molecular formula is C90H84Cl6N14O6. The molecule has 4 fully saturated rings. The number of H-pyrrole nitrogens is 4. The number of morpholine rings is 2. The zero-order chi connectivity index (χ0) is 80.6. The van der Waals surface area contributed by atoms with Crippen LogP contribution in [0.15, 0.2) is 195 Å². The Bertz CT molecular complexity index is 6460. The number of halogens is 6. The SMILES string of the molecule is Cc1cc(Cl)ccc1-c1cc(=O)[nH]c2c(-c3ccc(Cl)cc3)c(CN3CCOCC3)nn12.Cc1cc(Cl)ccc1-c1cc(=O)[nH]c2c(C3CCCCC3)c(C)nn12.Cc1ccccc1-c1cc(=O)[nH]c2c(-c3ccc(Cl)c(Cl)c3)c(C3CC3)nn12.Cc1ccccc1-c1cc(=O)[nH]c2c(-c3ccc(Cl)cc3)c(CN3CCOCC3)nn12. The maximum atomic E-state index is 12.7. The molecule has 592 valence electrons. The maximum absolute atomic E-state index is 12.7. The molecule has 19 rings (SSSR count). The predicted octanol–water partition coefficient (Wildman–Crippen LogP) is 19.8. The molecule has 0 unspecified atom stereocenters. The molecule has 0 atom stereocenters. The lowest BCUT2D eigenvalue weighted by Gasteiger charge is -2.26. The first kappa shape index (κ1) is 79.6. The molecule has 8 aromatic heterocycles. The van der Waals surface area contributed by atoms with Crippen molar-refractivity contribution in [3.8, 4) is 78.4 Å². The van der Waals surface area contributed by atoms with Crippen LogP contribution in [0.4, 0.5) is 0 Å². The molecule has 2 aliphatic heterocycles. The van der Waals surface area contributed by atoms with Crippen molar-refractivity contribution in [3.05, 3.63) is 298 Å². The Balaban J connectivity index is 0.000000116. The summed E-state index contributed by atoms with van der Waals surface area (Å²) in [5, 5.41) is 23.4. The highest BCUT2D eigenvalue weighted by Gasteiger charge is 2.33. The minimum Gasteiger partial charge on any atom is -0.379 e. The van der Waals surface area contributed by atoms with E-state index in [1.165, 1.54) is 37.7 Å². The molecule has 4 N–H and O–H groups in total. The molecule has 4 aliphatic rings. The van der Waals surface area contributed by atoms with Gasteiger partial charge in [-0.3, -0.25) is 29.0 Å². The molecule has 0 radical (unpaired) electrons. The van der Waals surface area contributed by atoms with Gasteiger partial charge in [-0.05, 0) is 166 Å². The summed E-state index contributed by atoms with van der Waals surface area (Å²) in [6, 6.07) is 54.7. The molecule has 116 heavy (non-hydrogen) atoms. The standard InChI is InChI=1S/C24H22Cl2N4O2.C24H23ClN4O2.C22H17Cl2N3O.C20H22ClN3O/c1-15-12-18(26)6-7-19(15)21-13-22(31)27-24-23(16-2-4-17(25)5-3-16)20(28-30(21)24)14-29-8-10-32-11-9-29;1-16-4-2-3-5-19(16)21-14-22(30)26-24-23(17-6-8-18(25)9-7-17)20(27-29(21)24)15-28-10-12-31-13-11-28;1-12-4-2-3-5-15(12)18-11-19(28)25-22-20(14-8-9-16(23)17(24)10-14)21(13-6-7-13)26-27(18)22;1-12-10-15(21)8-9-16(12)17-11-18(25)22-20-19(13(2)23-24(17)20)14-6-4-3-5-7-14/h2-7,12-13H,8-11,14H2,1H3,(H,27,31);2-9,14H,10-13,15H2,1H3,(H,26,30);2-5,8-11,13H,6-7H2,1H3,(H,25,28);8-11,14H,3-7H2,1-2H3,(H,22,25). The van der Waals surface area contributed by atoms with E-state index >= 15 is 0 Å². The van der Waals surface area contributed by atoms with Crippen molar-refractivity contribution >= 4 is 92.2 Å². The fraction of sp³-hybridized carbons (Fsp3) is 0.267. The number of aromatic nitrogens is 12. The van der Waals surface area contributed by atoms with E-state index in [-0.39, 0.29) is 22.2 Å². The van der Waals surface area contributed by atoms with Gasteiger partial charge in [-0.25, -0.2) is 18.1 Å². The molecule has 0 amide bonds. The fourth-order valence-electron chi connectivity index (χ4n) is 16.2. The minimum absolute atomic E-state index is 0.0891. The number of fused-ring (bicyclic) bond motifs is 4. The third-order valence-corrected chi connectivity index (χ3v) is 23.8. The lowest BCUT2D eigenvalue weighted by atomic mass is 9.84. The van der Waals surface area contributed by atoms with Crippen LogP contribution in [0.2, 0.25) is 30.1 Å². The summed E-state index contributed by atoms with van der Waals surface area (Å²) in [6.07, 6.45) is 8.36. The first-order valence-electron chi connectivity index (χ1n) is 39.0. The van der Waals surface area contributed by atoms with Crippen molar-refractivity contribution in [2.45, 2.75) is 104 Å². The van der Waals surface area contributed by atoms with E-state index in [1.807, 2.05) is 198 Å². The summed E-state index contributed by atoms with van der Waals surface area (Å²) < 4.78 is 18.5. The maximum Gasteiger partial charge on any atom is 0.251 e. The van der Waals surface area contributed by atoms with E-state index in [4.69, 9.17) is 99.5 Å². The molecule has 0 spiro atoms. The highest BCUT2D eigenvalue weighted by atomic mass is 35.5. The number of ether oxygens (including phenoxy) is 2. The Kier molecular flexibility index (Phi) is 23.7. The van der Waals surface area contributed by atoms with Crippen LogP contribution in [0.5, 0.6) is 0 Å². The van der Waals surface area contributed by atoms with E-state index in [0.717, 1.165) is 181 Å². The second kappa shape index (κ2) is 34.5. The Morgan fingerprint density at radius 3 is 1.17 bits per heavy atom. The smallest absolute Gasteiger partial charge is 0.251 e. The van der Waals surface area contributed by atoms with Gasteiger partial charge in [0.1, 0.15) is 22.6 Å². The molecule has 20 nitrogen and oxygen atoms in total. The van der Waals surface area contributed by atoms with Gasteiger partial charge in [0, 0.05) is 134 Å². The van der Waals surface area contributed by atoms with Crippen molar-refractivity contribution in [1.82, 2.24) is 68.2 Å².